The number of methoxy groups -OCH3 is 1. The fourth-order valence-electron chi connectivity index (χ4n) is 3.14. The highest BCUT2D eigenvalue weighted by Gasteiger charge is 2.22. The molecular weight excluding hydrogens is 392 g/mol. The van der Waals surface area contributed by atoms with Crippen molar-refractivity contribution in [3.63, 3.8) is 0 Å². The number of thiophene rings is 1. The lowest BCUT2D eigenvalue weighted by Gasteiger charge is -2.26. The van der Waals surface area contributed by atoms with Gasteiger partial charge in [0.25, 0.3) is 5.91 Å². The van der Waals surface area contributed by atoms with E-state index >= 15 is 0 Å². The molecular formula is C20H22N4O4S. The van der Waals surface area contributed by atoms with Crippen LogP contribution in [-0.4, -0.2) is 55.4 Å². The summed E-state index contributed by atoms with van der Waals surface area (Å²) >= 11 is 1.36. The minimum absolute atomic E-state index is 0.130. The quantitative estimate of drug-likeness (QED) is 0.574. The van der Waals surface area contributed by atoms with E-state index in [4.69, 9.17) is 14.2 Å². The summed E-state index contributed by atoms with van der Waals surface area (Å²) in [6.45, 7) is 3.81. The zero-order chi connectivity index (χ0) is 20.2. The number of carbonyl (C=O) groups is 1. The summed E-state index contributed by atoms with van der Waals surface area (Å²) in [6.07, 6.45) is 1.35. The highest BCUT2D eigenvalue weighted by atomic mass is 32.1. The highest BCUT2D eigenvalue weighted by molar-refractivity contribution is 7.20. The van der Waals surface area contributed by atoms with Crippen molar-refractivity contribution in [3.05, 3.63) is 41.0 Å². The maximum Gasteiger partial charge on any atom is 0.261 e. The fraction of sp³-hybridized carbons (Fsp3) is 0.350. The number of aromatic nitrogens is 2. The first-order valence-electron chi connectivity index (χ1n) is 9.31. The summed E-state index contributed by atoms with van der Waals surface area (Å²) in [4.78, 5) is 22.6. The van der Waals surface area contributed by atoms with Gasteiger partial charge < -0.3 is 24.8 Å². The minimum Gasteiger partial charge on any atom is -0.486 e. The molecule has 1 amide bonds. The number of benzene rings is 1. The van der Waals surface area contributed by atoms with Crippen LogP contribution in [0.25, 0.3) is 10.2 Å². The van der Waals surface area contributed by atoms with Crippen LogP contribution < -0.4 is 20.1 Å². The van der Waals surface area contributed by atoms with Gasteiger partial charge in [0.1, 0.15) is 29.7 Å². The molecule has 3 aromatic rings. The molecule has 0 radical (unpaired) electrons. The van der Waals surface area contributed by atoms with Crippen LogP contribution in [0.5, 0.6) is 11.5 Å². The summed E-state index contributed by atoms with van der Waals surface area (Å²) in [5.74, 6) is 2.04. The van der Waals surface area contributed by atoms with Gasteiger partial charge in [-0.05, 0) is 24.6 Å². The van der Waals surface area contributed by atoms with Crippen molar-refractivity contribution < 1.29 is 19.0 Å². The van der Waals surface area contributed by atoms with Crippen LogP contribution in [0.1, 0.15) is 15.2 Å². The Kier molecular flexibility index (Phi) is 5.77. The summed E-state index contributed by atoms with van der Waals surface area (Å²) in [6, 6.07) is 7.61. The largest absolute Gasteiger partial charge is 0.486 e. The van der Waals surface area contributed by atoms with Crippen molar-refractivity contribution in [1.29, 1.82) is 0 Å². The molecule has 1 atom stereocenters. The van der Waals surface area contributed by atoms with Crippen LogP contribution in [-0.2, 0) is 4.74 Å². The minimum atomic E-state index is -0.148. The first kappa shape index (κ1) is 19.4. The first-order valence-corrected chi connectivity index (χ1v) is 10.1. The van der Waals surface area contributed by atoms with Gasteiger partial charge in [-0.15, -0.1) is 11.3 Å². The van der Waals surface area contributed by atoms with Crippen LogP contribution in [0.15, 0.2) is 30.6 Å². The monoisotopic (exact) mass is 414 g/mol. The number of carbonyl (C=O) groups excluding carboxylic acids is 1. The van der Waals surface area contributed by atoms with Crippen molar-refractivity contribution in [2.24, 2.45) is 0 Å². The summed E-state index contributed by atoms with van der Waals surface area (Å²) in [5, 5.41) is 7.04. The maximum atomic E-state index is 12.5. The number of para-hydroxylation sites is 2. The van der Waals surface area contributed by atoms with Gasteiger partial charge in [-0.25, -0.2) is 9.97 Å². The van der Waals surface area contributed by atoms with Gasteiger partial charge in [0.2, 0.25) is 0 Å². The predicted molar refractivity (Wildman–Crippen MR) is 111 cm³/mol. The Morgan fingerprint density at radius 1 is 1.31 bits per heavy atom. The predicted octanol–water partition coefficient (Wildman–Crippen LogP) is 2.63. The van der Waals surface area contributed by atoms with Gasteiger partial charge in [0, 0.05) is 13.7 Å². The topological polar surface area (TPSA) is 94.6 Å². The molecule has 0 bridgehead atoms. The Balaban J connectivity index is 1.49. The molecule has 0 saturated carbocycles. The normalized spacial score (nSPS) is 15.3. The van der Waals surface area contributed by atoms with Crippen molar-refractivity contribution >= 4 is 33.3 Å². The lowest BCUT2D eigenvalue weighted by Crippen LogP contribution is -2.35. The molecule has 1 aliphatic heterocycles. The molecule has 1 aromatic carbocycles. The zero-order valence-electron chi connectivity index (χ0n) is 16.2. The van der Waals surface area contributed by atoms with Gasteiger partial charge in [-0.3, -0.25) is 4.79 Å². The Labute approximate surface area is 172 Å². The first-order chi connectivity index (χ1) is 14.2. The number of rotatable bonds is 7. The van der Waals surface area contributed by atoms with E-state index in [1.807, 2.05) is 31.2 Å². The van der Waals surface area contributed by atoms with E-state index in [0.29, 0.717) is 37.0 Å². The number of nitrogens with zero attached hydrogens (tertiary/aromatic N) is 2. The van der Waals surface area contributed by atoms with E-state index in [0.717, 1.165) is 27.3 Å². The van der Waals surface area contributed by atoms with Gasteiger partial charge in [0.15, 0.2) is 11.5 Å². The number of amides is 1. The standard InChI is InChI=1S/C20H22N4O4S/c1-12-16-18(22-9-13-10-27-14-5-3-4-6-15(14)28-13)23-11-24-20(16)29-17(12)19(25)21-7-8-26-2/h3-6,11,13H,7-10H2,1-2H3,(H,21,25)(H,22,23,24). The molecule has 4 rings (SSSR count). The number of fused-ring (bicyclic) bond motifs is 2. The van der Waals surface area contributed by atoms with Crippen molar-refractivity contribution in [1.82, 2.24) is 15.3 Å². The van der Waals surface area contributed by atoms with Crippen molar-refractivity contribution in [3.8, 4) is 11.5 Å². The molecule has 9 heteroatoms. The average molecular weight is 414 g/mol. The smallest absolute Gasteiger partial charge is 0.261 e. The lowest BCUT2D eigenvalue weighted by atomic mass is 10.2. The molecule has 0 saturated heterocycles. The third kappa shape index (κ3) is 4.10. The lowest BCUT2D eigenvalue weighted by molar-refractivity contribution is 0.0940. The van der Waals surface area contributed by atoms with E-state index in [9.17, 15) is 4.79 Å². The number of hydrogen-bond donors (Lipinski definition) is 2. The molecule has 0 fully saturated rings. The number of ether oxygens (including phenoxy) is 3. The van der Waals surface area contributed by atoms with Gasteiger partial charge in [-0.2, -0.15) is 0 Å². The molecule has 8 nitrogen and oxygen atoms in total. The molecule has 3 heterocycles. The molecule has 2 aromatic heterocycles. The molecule has 1 unspecified atom stereocenters. The van der Waals surface area contributed by atoms with Crippen LogP contribution in [0.2, 0.25) is 0 Å². The zero-order valence-corrected chi connectivity index (χ0v) is 17.0. The summed E-state index contributed by atoms with van der Waals surface area (Å²) < 4.78 is 16.7. The van der Waals surface area contributed by atoms with E-state index in [1.165, 1.54) is 17.7 Å². The van der Waals surface area contributed by atoms with E-state index in [-0.39, 0.29) is 12.0 Å². The number of nitrogens with one attached hydrogen (secondary N) is 2. The molecule has 29 heavy (non-hydrogen) atoms. The molecule has 1 aliphatic rings. The Bertz CT molecular complexity index is 1020. The van der Waals surface area contributed by atoms with Gasteiger partial charge in [0.05, 0.1) is 23.4 Å². The third-order valence-electron chi connectivity index (χ3n) is 4.59. The van der Waals surface area contributed by atoms with Crippen LogP contribution in [0, 0.1) is 6.92 Å². The Hall–Kier alpha value is -2.91. The second-order valence-electron chi connectivity index (χ2n) is 6.59. The van der Waals surface area contributed by atoms with Gasteiger partial charge in [-0.1, -0.05) is 12.1 Å². The summed E-state index contributed by atoms with van der Waals surface area (Å²) in [7, 11) is 1.60. The number of hydrogen-bond acceptors (Lipinski definition) is 8. The molecule has 2 N–H and O–H groups in total. The molecule has 0 aliphatic carbocycles. The SMILES string of the molecule is COCCNC(=O)c1sc2ncnc(NCC3COc4ccccc4O3)c2c1C. The highest BCUT2D eigenvalue weighted by Crippen LogP contribution is 2.34. The van der Waals surface area contributed by atoms with Gasteiger partial charge >= 0.3 is 0 Å². The number of aryl methyl sites for hydroxylation is 1. The third-order valence-corrected chi connectivity index (χ3v) is 5.79. The van der Waals surface area contributed by atoms with E-state index in [2.05, 4.69) is 20.6 Å². The average Bonchev–Trinajstić information content (AvgIpc) is 3.09. The molecule has 152 valence electrons. The van der Waals surface area contributed by atoms with Crippen molar-refractivity contribution in [2.45, 2.75) is 13.0 Å². The number of anilines is 1. The van der Waals surface area contributed by atoms with Crippen LogP contribution in [0.3, 0.4) is 0 Å². The molecule has 0 spiro atoms. The van der Waals surface area contributed by atoms with Crippen molar-refractivity contribution in [2.75, 3.05) is 38.7 Å². The summed E-state index contributed by atoms with van der Waals surface area (Å²) in [5.41, 5.74) is 0.856. The van der Waals surface area contributed by atoms with E-state index in [1.54, 1.807) is 7.11 Å². The Morgan fingerprint density at radius 2 is 2.14 bits per heavy atom. The second-order valence-corrected chi connectivity index (χ2v) is 7.58. The van der Waals surface area contributed by atoms with E-state index < -0.39 is 0 Å². The van der Waals surface area contributed by atoms with Crippen LogP contribution in [0.4, 0.5) is 5.82 Å². The Morgan fingerprint density at radius 3 is 2.97 bits per heavy atom. The fourth-order valence-corrected chi connectivity index (χ4v) is 4.21. The maximum absolute atomic E-state index is 12.5. The second kappa shape index (κ2) is 8.62. The van der Waals surface area contributed by atoms with Crippen LogP contribution >= 0.6 is 11.3 Å².